The summed E-state index contributed by atoms with van der Waals surface area (Å²) >= 11 is 6.09. The summed E-state index contributed by atoms with van der Waals surface area (Å²) in [4.78, 5) is 14.6. The number of benzene rings is 1. The lowest BCUT2D eigenvalue weighted by molar-refractivity contribution is -0.134. The van der Waals surface area contributed by atoms with Crippen LogP contribution in [-0.2, 0) is 14.8 Å². The van der Waals surface area contributed by atoms with E-state index in [9.17, 15) is 13.2 Å². The number of carbonyl (C=O) groups excluding carboxylic acids is 1. The van der Waals surface area contributed by atoms with Gasteiger partial charge >= 0.3 is 0 Å². The van der Waals surface area contributed by atoms with E-state index in [-0.39, 0.29) is 36.5 Å². The summed E-state index contributed by atoms with van der Waals surface area (Å²) in [5, 5.41) is 3.97. The molecule has 152 valence electrons. The predicted octanol–water partition coefficient (Wildman–Crippen LogP) is 2.44. The topological polar surface area (TPSA) is 69.7 Å². The number of piperazine rings is 1. The zero-order valence-electron chi connectivity index (χ0n) is 15.3. The summed E-state index contributed by atoms with van der Waals surface area (Å²) in [5.74, 6) is 0.0558. The number of hydrogen-bond acceptors (Lipinski definition) is 4. The van der Waals surface area contributed by atoms with Gasteiger partial charge in [-0.25, -0.2) is 12.7 Å². The molecule has 9 heteroatoms. The second kappa shape index (κ2) is 10.1. The molecule has 2 aliphatic rings. The highest BCUT2D eigenvalue weighted by Crippen LogP contribution is 2.25. The van der Waals surface area contributed by atoms with Gasteiger partial charge in [-0.15, -0.1) is 12.4 Å². The molecule has 27 heavy (non-hydrogen) atoms. The fourth-order valence-electron chi connectivity index (χ4n) is 3.66. The summed E-state index contributed by atoms with van der Waals surface area (Å²) in [6.45, 7) is 3.28. The molecule has 6 nitrogen and oxygen atoms in total. The van der Waals surface area contributed by atoms with Crippen LogP contribution in [0.2, 0.25) is 5.02 Å². The van der Waals surface area contributed by atoms with Gasteiger partial charge in [0, 0.05) is 44.2 Å². The summed E-state index contributed by atoms with van der Waals surface area (Å²) in [6.07, 6.45) is 2.48. The van der Waals surface area contributed by atoms with Crippen LogP contribution in [0.3, 0.4) is 0 Å². The van der Waals surface area contributed by atoms with Gasteiger partial charge in [-0.2, -0.15) is 0 Å². The first-order chi connectivity index (χ1) is 12.5. The lowest BCUT2D eigenvalue weighted by Gasteiger charge is -2.36. The average molecular weight is 436 g/mol. The van der Waals surface area contributed by atoms with Crippen molar-refractivity contribution >= 4 is 39.9 Å². The number of hydrogen-bond donors (Lipinski definition) is 1. The largest absolute Gasteiger partial charge is 0.333 e. The average Bonchev–Trinajstić information content (AvgIpc) is 3.17. The molecule has 2 fully saturated rings. The van der Waals surface area contributed by atoms with Crippen molar-refractivity contribution in [2.75, 3.05) is 38.5 Å². The molecule has 2 aliphatic heterocycles. The number of sulfonamides is 1. The first-order valence-electron chi connectivity index (χ1n) is 9.21. The molecule has 1 N–H and O–H groups in total. The molecule has 2 saturated heterocycles. The van der Waals surface area contributed by atoms with Crippen LogP contribution < -0.4 is 5.32 Å². The Bertz CT molecular complexity index is 739. The van der Waals surface area contributed by atoms with E-state index >= 15 is 0 Å². The number of carbonyl (C=O) groups is 1. The van der Waals surface area contributed by atoms with Crippen molar-refractivity contribution in [1.82, 2.24) is 14.5 Å². The molecule has 1 amide bonds. The minimum Gasteiger partial charge on any atom is -0.333 e. The van der Waals surface area contributed by atoms with Crippen LogP contribution in [0, 0.1) is 0 Å². The molecule has 1 aromatic rings. The van der Waals surface area contributed by atoms with E-state index in [4.69, 9.17) is 11.6 Å². The zero-order valence-corrected chi connectivity index (χ0v) is 17.7. The summed E-state index contributed by atoms with van der Waals surface area (Å²) < 4.78 is 26.1. The Kier molecular flexibility index (Phi) is 8.37. The number of amides is 1. The van der Waals surface area contributed by atoms with Crippen molar-refractivity contribution in [1.29, 1.82) is 0 Å². The van der Waals surface area contributed by atoms with Gasteiger partial charge in [-0.05, 0) is 37.0 Å². The molecule has 3 rings (SSSR count). The molecular formula is C18H27Cl2N3O3S. The molecule has 0 aliphatic carbocycles. The molecule has 1 aromatic carbocycles. The third-order valence-corrected chi connectivity index (χ3v) is 7.24. The first kappa shape index (κ1) is 22.4. The molecule has 1 unspecified atom stereocenters. The van der Waals surface area contributed by atoms with Crippen molar-refractivity contribution in [3.8, 4) is 0 Å². The van der Waals surface area contributed by atoms with Gasteiger partial charge < -0.3 is 10.2 Å². The van der Waals surface area contributed by atoms with Gasteiger partial charge in [-0.3, -0.25) is 4.79 Å². The van der Waals surface area contributed by atoms with E-state index in [0.717, 1.165) is 24.9 Å². The highest BCUT2D eigenvalue weighted by atomic mass is 35.5. The van der Waals surface area contributed by atoms with Crippen LogP contribution in [0.25, 0.3) is 0 Å². The van der Waals surface area contributed by atoms with Gasteiger partial charge in [0.25, 0.3) is 0 Å². The maximum Gasteiger partial charge on any atom is 0.223 e. The number of rotatable bonds is 6. The van der Waals surface area contributed by atoms with E-state index in [1.807, 2.05) is 29.2 Å². The third kappa shape index (κ3) is 5.81. The Labute approximate surface area is 172 Å². The van der Waals surface area contributed by atoms with Gasteiger partial charge in [0.15, 0.2) is 0 Å². The van der Waals surface area contributed by atoms with Crippen LogP contribution in [0.15, 0.2) is 24.3 Å². The van der Waals surface area contributed by atoms with E-state index in [2.05, 4.69) is 5.32 Å². The Morgan fingerprint density at radius 1 is 1.22 bits per heavy atom. The minimum absolute atomic E-state index is 0. The van der Waals surface area contributed by atoms with Crippen molar-refractivity contribution < 1.29 is 13.2 Å². The molecule has 0 saturated carbocycles. The molecule has 2 heterocycles. The highest BCUT2D eigenvalue weighted by Gasteiger charge is 2.29. The molecule has 0 radical (unpaired) electrons. The second-order valence-corrected chi connectivity index (χ2v) is 9.41. The van der Waals surface area contributed by atoms with Gasteiger partial charge in [0.1, 0.15) is 0 Å². The smallest absolute Gasteiger partial charge is 0.223 e. The number of halogens is 2. The Hall–Kier alpha value is -0.860. The first-order valence-corrected chi connectivity index (χ1v) is 11.2. The monoisotopic (exact) mass is 435 g/mol. The van der Waals surface area contributed by atoms with Crippen molar-refractivity contribution in [3.63, 3.8) is 0 Å². The van der Waals surface area contributed by atoms with Crippen molar-refractivity contribution in [3.05, 3.63) is 34.9 Å². The van der Waals surface area contributed by atoms with E-state index in [0.29, 0.717) is 37.6 Å². The zero-order chi connectivity index (χ0) is 18.6. The maximum absolute atomic E-state index is 12.7. The van der Waals surface area contributed by atoms with Gasteiger partial charge in [0.2, 0.25) is 15.9 Å². The maximum atomic E-state index is 12.7. The second-order valence-electron chi connectivity index (χ2n) is 6.89. The van der Waals surface area contributed by atoms with Crippen molar-refractivity contribution in [2.24, 2.45) is 0 Å². The Morgan fingerprint density at radius 2 is 1.96 bits per heavy atom. The third-order valence-electron chi connectivity index (χ3n) is 5.05. The fourth-order valence-corrected chi connectivity index (χ4v) is 5.44. The standard InChI is InChI=1S/C18H26ClN3O3S.ClH/c19-16-6-3-5-15(13-16)17-14-20-8-11-22(17)18(23)7-4-12-26(24,25)21-9-1-2-10-21;/h3,5-6,13,17,20H,1-2,4,7-12,14H2;1H. The van der Waals surface area contributed by atoms with Crippen LogP contribution in [0.5, 0.6) is 0 Å². The molecule has 0 bridgehead atoms. The van der Waals surface area contributed by atoms with E-state index in [1.165, 1.54) is 0 Å². The quantitative estimate of drug-likeness (QED) is 0.744. The Morgan fingerprint density at radius 3 is 2.67 bits per heavy atom. The molecule has 0 spiro atoms. The van der Waals surface area contributed by atoms with Gasteiger partial charge in [-0.1, -0.05) is 23.7 Å². The van der Waals surface area contributed by atoms with Crippen LogP contribution >= 0.6 is 24.0 Å². The van der Waals surface area contributed by atoms with Crippen LogP contribution in [0.4, 0.5) is 0 Å². The number of nitrogens with zero attached hydrogens (tertiary/aromatic N) is 2. The fraction of sp³-hybridized carbons (Fsp3) is 0.611. The number of nitrogens with one attached hydrogen (secondary N) is 1. The predicted molar refractivity (Wildman–Crippen MR) is 110 cm³/mol. The lowest BCUT2D eigenvalue weighted by Crippen LogP contribution is -2.48. The lowest BCUT2D eigenvalue weighted by atomic mass is 10.0. The van der Waals surface area contributed by atoms with Crippen molar-refractivity contribution in [2.45, 2.75) is 31.7 Å². The van der Waals surface area contributed by atoms with E-state index < -0.39 is 10.0 Å². The van der Waals surface area contributed by atoms with E-state index in [1.54, 1.807) is 4.31 Å². The molecular weight excluding hydrogens is 409 g/mol. The summed E-state index contributed by atoms with van der Waals surface area (Å²) in [7, 11) is -3.22. The van der Waals surface area contributed by atoms with Crippen LogP contribution in [-0.4, -0.2) is 62.0 Å². The minimum atomic E-state index is -3.22. The normalized spacial score (nSPS) is 21.1. The molecule has 1 atom stereocenters. The summed E-state index contributed by atoms with van der Waals surface area (Å²) in [5.41, 5.74) is 1.00. The SMILES string of the molecule is Cl.O=C(CCCS(=O)(=O)N1CCCC1)N1CCNCC1c1cccc(Cl)c1. The van der Waals surface area contributed by atoms with Gasteiger partial charge in [0.05, 0.1) is 11.8 Å². The molecule has 0 aromatic heterocycles. The highest BCUT2D eigenvalue weighted by molar-refractivity contribution is 7.89. The summed E-state index contributed by atoms with van der Waals surface area (Å²) in [6, 6.07) is 7.50. The van der Waals surface area contributed by atoms with Crippen LogP contribution in [0.1, 0.15) is 37.3 Å². The Balaban J connectivity index is 0.00000261.